The number of nitrogens with zero attached hydrogens (tertiary/aromatic N) is 1. The number of nitrogens with one attached hydrogen (secondary N) is 1. The summed E-state index contributed by atoms with van der Waals surface area (Å²) in [6.07, 6.45) is 7.91. The highest BCUT2D eigenvalue weighted by atomic mass is 32.7. The van der Waals surface area contributed by atoms with Crippen LogP contribution in [0.5, 0.6) is 0 Å². The van der Waals surface area contributed by atoms with Crippen molar-refractivity contribution in [1.82, 2.24) is 9.76 Å². The molecule has 8 heteroatoms. The van der Waals surface area contributed by atoms with E-state index in [1.807, 2.05) is 13.8 Å². The van der Waals surface area contributed by atoms with Crippen LogP contribution in [-0.4, -0.2) is 35.9 Å². The van der Waals surface area contributed by atoms with Gasteiger partial charge < -0.3 is 4.74 Å². The second-order valence-corrected chi connectivity index (χ2v) is 11.1. The number of unbranched alkanes of at least 4 members (excludes halogenated alkanes) is 3. The summed E-state index contributed by atoms with van der Waals surface area (Å²) in [5, 5.41) is 3.05. The minimum Gasteiger partial charge on any atom is -0.435 e. The molecule has 6 nitrogen and oxygen atoms in total. The molecule has 1 amide bonds. The van der Waals surface area contributed by atoms with Crippen LogP contribution in [0.2, 0.25) is 0 Å². The monoisotopic (exact) mass is 392 g/mol. The van der Waals surface area contributed by atoms with Gasteiger partial charge >= 0.3 is 5.97 Å². The van der Waals surface area contributed by atoms with E-state index in [1.54, 1.807) is 27.1 Å². The number of allylic oxidation sites excluding steroid dienone is 1. The molecule has 0 rings (SSSR count). The summed E-state index contributed by atoms with van der Waals surface area (Å²) >= 11 is 1.33. The Morgan fingerprint density at radius 3 is 2.36 bits per heavy atom. The Hall–Kier alpha value is -0.780. The van der Waals surface area contributed by atoms with E-state index in [2.05, 4.69) is 5.09 Å². The predicted octanol–water partition coefficient (Wildman–Crippen LogP) is 4.72. The van der Waals surface area contributed by atoms with Crippen LogP contribution < -0.4 is 5.09 Å². The molecule has 0 aliphatic carbocycles. The topological polar surface area (TPSA) is 75.7 Å². The van der Waals surface area contributed by atoms with Crippen LogP contribution in [0, 0.1) is 0 Å². The van der Waals surface area contributed by atoms with Crippen LogP contribution >= 0.6 is 18.0 Å². The molecule has 0 saturated carbocycles. The molecule has 2 unspecified atom stereocenters. The molecule has 0 heterocycles. The summed E-state index contributed by atoms with van der Waals surface area (Å²) in [6, 6.07) is 0. The van der Waals surface area contributed by atoms with Crippen molar-refractivity contribution < 1.29 is 18.9 Å². The standard InChI is InChI=1S/C17H33N2O4PS/c1-6-14-23-17(21)13-11-9-8-10-12-16(20)19(5)24(22,18-4)25-15(3)7-2/h6,14-15H,7-13H2,1-5H3,(H,18,22). The minimum absolute atomic E-state index is 0.110. The maximum absolute atomic E-state index is 12.9. The van der Waals surface area contributed by atoms with E-state index in [0.717, 1.165) is 32.1 Å². The van der Waals surface area contributed by atoms with Gasteiger partial charge in [-0.25, -0.2) is 5.09 Å². The lowest BCUT2D eigenvalue weighted by Gasteiger charge is -2.28. The van der Waals surface area contributed by atoms with Crippen molar-refractivity contribution in [3.05, 3.63) is 12.3 Å². The quantitative estimate of drug-likeness (QED) is 0.211. The van der Waals surface area contributed by atoms with Crippen LogP contribution in [0.3, 0.4) is 0 Å². The summed E-state index contributed by atoms with van der Waals surface area (Å²) in [5.41, 5.74) is 0. The Kier molecular flexibility index (Phi) is 13.0. The van der Waals surface area contributed by atoms with Gasteiger partial charge in [0.2, 0.25) is 5.91 Å². The number of carbonyl (C=O) groups excluding carboxylic acids is 2. The van der Waals surface area contributed by atoms with Crippen LogP contribution in [-0.2, 0) is 18.9 Å². The zero-order valence-electron chi connectivity index (χ0n) is 16.1. The first-order valence-electron chi connectivity index (χ1n) is 8.85. The van der Waals surface area contributed by atoms with E-state index in [0.29, 0.717) is 12.8 Å². The number of hydrogen-bond acceptors (Lipinski definition) is 5. The third-order valence-electron chi connectivity index (χ3n) is 3.79. The van der Waals surface area contributed by atoms with Crippen LogP contribution in [0.15, 0.2) is 12.3 Å². The van der Waals surface area contributed by atoms with Crippen molar-refractivity contribution in [3.8, 4) is 0 Å². The average molecular weight is 393 g/mol. The van der Waals surface area contributed by atoms with E-state index in [-0.39, 0.29) is 17.1 Å². The Balaban J connectivity index is 4.12. The maximum Gasteiger partial charge on any atom is 0.310 e. The second-order valence-electron chi connectivity index (χ2n) is 5.86. The minimum atomic E-state index is -2.92. The zero-order chi connectivity index (χ0) is 19.3. The third kappa shape index (κ3) is 10.1. The van der Waals surface area contributed by atoms with Crippen molar-refractivity contribution in [2.45, 2.75) is 71.0 Å². The van der Waals surface area contributed by atoms with E-state index in [9.17, 15) is 14.2 Å². The van der Waals surface area contributed by atoms with Crippen LogP contribution in [0.4, 0.5) is 0 Å². The molecule has 2 atom stereocenters. The largest absolute Gasteiger partial charge is 0.435 e. The summed E-state index contributed by atoms with van der Waals surface area (Å²) in [5.74, 6) is -0.341. The van der Waals surface area contributed by atoms with Gasteiger partial charge in [-0.15, -0.1) is 0 Å². The van der Waals surface area contributed by atoms with Gasteiger partial charge in [0.25, 0.3) is 6.65 Å². The van der Waals surface area contributed by atoms with Gasteiger partial charge in [0, 0.05) is 25.1 Å². The molecule has 0 bridgehead atoms. The fourth-order valence-electron chi connectivity index (χ4n) is 2.00. The van der Waals surface area contributed by atoms with Crippen LogP contribution in [0.25, 0.3) is 0 Å². The molecule has 0 radical (unpaired) electrons. The van der Waals surface area contributed by atoms with Crippen LogP contribution in [0.1, 0.15) is 65.7 Å². The first-order valence-corrected chi connectivity index (χ1v) is 12.0. The summed E-state index contributed by atoms with van der Waals surface area (Å²) < 4.78 is 19.1. The Morgan fingerprint density at radius 2 is 1.84 bits per heavy atom. The number of ether oxygens (including phenoxy) is 1. The van der Waals surface area contributed by atoms with Gasteiger partial charge in [-0.2, -0.15) is 0 Å². The number of amides is 1. The third-order valence-corrected chi connectivity index (χ3v) is 9.57. The molecule has 25 heavy (non-hydrogen) atoms. The van der Waals surface area contributed by atoms with Crippen molar-refractivity contribution in [3.63, 3.8) is 0 Å². The van der Waals surface area contributed by atoms with Gasteiger partial charge in [-0.05, 0) is 33.2 Å². The summed E-state index contributed by atoms with van der Waals surface area (Å²) in [4.78, 5) is 23.6. The number of esters is 1. The van der Waals surface area contributed by atoms with E-state index >= 15 is 0 Å². The molecule has 0 aromatic carbocycles. The van der Waals surface area contributed by atoms with Crippen molar-refractivity contribution in [2.75, 3.05) is 14.1 Å². The molecule has 0 aliphatic rings. The first-order chi connectivity index (χ1) is 11.8. The fraction of sp³-hybridized carbons (Fsp3) is 0.765. The maximum atomic E-state index is 12.9. The van der Waals surface area contributed by atoms with Crippen molar-refractivity contribution in [2.24, 2.45) is 0 Å². The van der Waals surface area contributed by atoms with E-state index < -0.39 is 6.65 Å². The molecule has 0 saturated heterocycles. The normalized spacial score (nSPS) is 14.9. The predicted molar refractivity (Wildman–Crippen MR) is 105 cm³/mol. The Bertz CT molecular complexity index is 485. The lowest BCUT2D eigenvalue weighted by molar-refractivity contribution is -0.138. The van der Waals surface area contributed by atoms with E-state index in [4.69, 9.17) is 4.74 Å². The number of hydrogen-bond donors (Lipinski definition) is 1. The molecule has 1 N–H and O–H groups in total. The molecule has 146 valence electrons. The molecular weight excluding hydrogens is 359 g/mol. The number of carbonyl (C=O) groups is 2. The molecule has 0 spiro atoms. The highest BCUT2D eigenvalue weighted by molar-refractivity contribution is 8.57. The van der Waals surface area contributed by atoms with E-state index in [1.165, 1.54) is 22.3 Å². The van der Waals surface area contributed by atoms with Gasteiger partial charge in [-0.3, -0.25) is 18.8 Å². The van der Waals surface area contributed by atoms with Gasteiger partial charge in [0.15, 0.2) is 0 Å². The summed E-state index contributed by atoms with van der Waals surface area (Å²) in [6.45, 7) is 2.91. The second kappa shape index (κ2) is 13.4. The van der Waals surface area contributed by atoms with Crippen molar-refractivity contribution >= 4 is 29.9 Å². The fourth-order valence-corrected chi connectivity index (χ4v) is 6.50. The molecule has 0 aromatic heterocycles. The Morgan fingerprint density at radius 1 is 1.24 bits per heavy atom. The Labute approximate surface area is 156 Å². The van der Waals surface area contributed by atoms with Gasteiger partial charge in [0.1, 0.15) is 0 Å². The average Bonchev–Trinajstić information content (AvgIpc) is 2.61. The lowest BCUT2D eigenvalue weighted by Crippen LogP contribution is -2.28. The van der Waals surface area contributed by atoms with Gasteiger partial charge in [0.05, 0.1) is 6.26 Å². The smallest absolute Gasteiger partial charge is 0.310 e. The molecule has 0 aromatic rings. The molecule has 0 fully saturated rings. The molecular formula is C17H33N2O4PS. The highest BCUT2D eigenvalue weighted by Crippen LogP contribution is 2.59. The van der Waals surface area contributed by atoms with Crippen molar-refractivity contribution in [1.29, 1.82) is 0 Å². The zero-order valence-corrected chi connectivity index (χ0v) is 17.8. The SMILES string of the molecule is CC=COC(=O)CCCCCCC(=O)N(C)P(=O)(NC)SC(C)CC. The number of rotatable bonds is 13. The first kappa shape index (κ1) is 24.2. The molecule has 0 aliphatic heterocycles. The van der Waals surface area contributed by atoms with Gasteiger partial charge in [-0.1, -0.05) is 44.1 Å². The summed E-state index contributed by atoms with van der Waals surface area (Å²) in [7, 11) is 3.24. The lowest BCUT2D eigenvalue weighted by atomic mass is 10.1. The highest BCUT2D eigenvalue weighted by Gasteiger charge is 2.31.